The minimum atomic E-state index is 0.911. The van der Waals surface area contributed by atoms with Gasteiger partial charge in [0.25, 0.3) is 0 Å². The zero-order valence-electron chi connectivity index (χ0n) is 27.7. The summed E-state index contributed by atoms with van der Waals surface area (Å²) < 4.78 is 6.36. The number of benzene rings is 10. The van der Waals surface area contributed by atoms with E-state index in [0.29, 0.717) is 0 Å². The standard InChI is InChI=1S/C50H30O/c1-2-14-33-30-48-46(28-32(33)13-1)45-29-34(26-27-47(45)51-48)36-21-10-23-38-37(36)22-11-25-40(38)50-43-19-7-5-17-41(43)49(42-18-6-8-20-44(42)50)39-24-9-15-31-12-3-4-16-35(31)39/h1-30H. The molecule has 0 radical (unpaired) electrons. The van der Waals surface area contributed by atoms with Gasteiger partial charge in [-0.15, -0.1) is 0 Å². The van der Waals surface area contributed by atoms with Crippen LogP contribution in [0.1, 0.15) is 0 Å². The van der Waals surface area contributed by atoms with E-state index in [9.17, 15) is 0 Å². The predicted octanol–water partition coefficient (Wildman–Crippen LogP) is 14.4. The molecule has 0 fully saturated rings. The molecule has 0 saturated heterocycles. The lowest BCUT2D eigenvalue weighted by Gasteiger charge is -2.20. The average molecular weight is 647 g/mol. The van der Waals surface area contributed by atoms with E-state index in [1.54, 1.807) is 0 Å². The third kappa shape index (κ3) is 4.22. The van der Waals surface area contributed by atoms with Crippen LogP contribution in [0.15, 0.2) is 186 Å². The highest BCUT2D eigenvalue weighted by Crippen LogP contribution is 2.47. The maximum Gasteiger partial charge on any atom is 0.136 e. The van der Waals surface area contributed by atoms with Gasteiger partial charge in [0.15, 0.2) is 0 Å². The van der Waals surface area contributed by atoms with Crippen LogP contribution < -0.4 is 0 Å². The van der Waals surface area contributed by atoms with Gasteiger partial charge >= 0.3 is 0 Å². The van der Waals surface area contributed by atoms with Crippen LogP contribution in [-0.2, 0) is 0 Å². The van der Waals surface area contributed by atoms with Gasteiger partial charge in [-0.2, -0.15) is 0 Å². The monoisotopic (exact) mass is 646 g/mol. The van der Waals surface area contributed by atoms with Crippen LogP contribution in [0.3, 0.4) is 0 Å². The lowest BCUT2D eigenvalue weighted by molar-refractivity contribution is 0.669. The molecule has 1 nitrogen and oxygen atoms in total. The van der Waals surface area contributed by atoms with Crippen molar-refractivity contribution in [3.63, 3.8) is 0 Å². The van der Waals surface area contributed by atoms with Crippen molar-refractivity contribution in [2.24, 2.45) is 0 Å². The minimum absolute atomic E-state index is 0.911. The molecule has 1 aromatic heterocycles. The second-order valence-corrected chi connectivity index (χ2v) is 13.6. The highest BCUT2D eigenvalue weighted by Gasteiger charge is 2.20. The fourth-order valence-electron chi connectivity index (χ4n) is 8.56. The molecule has 11 aromatic rings. The van der Waals surface area contributed by atoms with Crippen molar-refractivity contribution >= 4 is 75.8 Å². The highest BCUT2D eigenvalue weighted by atomic mass is 16.3. The summed E-state index contributed by atoms with van der Waals surface area (Å²) in [6.45, 7) is 0. The molecule has 0 N–H and O–H groups in total. The Labute approximate surface area is 294 Å². The number of rotatable bonds is 3. The molecule has 0 aliphatic carbocycles. The molecule has 51 heavy (non-hydrogen) atoms. The topological polar surface area (TPSA) is 13.1 Å². The second-order valence-electron chi connectivity index (χ2n) is 13.6. The van der Waals surface area contributed by atoms with Crippen LogP contribution in [-0.4, -0.2) is 0 Å². The lowest BCUT2D eigenvalue weighted by atomic mass is 9.83. The zero-order chi connectivity index (χ0) is 33.5. The maximum absolute atomic E-state index is 6.36. The molecule has 0 atom stereocenters. The Morgan fingerprint density at radius 3 is 1.37 bits per heavy atom. The normalized spacial score (nSPS) is 11.9. The fraction of sp³-hybridized carbons (Fsp3) is 0. The van der Waals surface area contributed by atoms with Crippen LogP contribution >= 0.6 is 0 Å². The van der Waals surface area contributed by atoms with E-state index >= 15 is 0 Å². The van der Waals surface area contributed by atoms with Crippen LogP contribution in [0.5, 0.6) is 0 Å². The summed E-state index contributed by atoms with van der Waals surface area (Å²) in [7, 11) is 0. The van der Waals surface area contributed by atoms with E-state index in [4.69, 9.17) is 4.42 Å². The first-order valence-corrected chi connectivity index (χ1v) is 17.6. The van der Waals surface area contributed by atoms with Crippen LogP contribution in [0, 0.1) is 0 Å². The van der Waals surface area contributed by atoms with E-state index in [1.807, 2.05) is 0 Å². The molecule has 0 amide bonds. The molecule has 0 saturated carbocycles. The van der Waals surface area contributed by atoms with Gasteiger partial charge in [0.2, 0.25) is 0 Å². The van der Waals surface area contributed by atoms with Crippen LogP contribution in [0.25, 0.3) is 109 Å². The molecular weight excluding hydrogens is 617 g/mol. The van der Waals surface area contributed by atoms with Crippen molar-refractivity contribution in [2.75, 3.05) is 0 Å². The Hall–Kier alpha value is -6.70. The third-order valence-electron chi connectivity index (χ3n) is 10.8. The van der Waals surface area contributed by atoms with Gasteiger partial charge in [0, 0.05) is 10.8 Å². The quantitative estimate of drug-likeness (QED) is 0.174. The molecule has 1 heteroatoms. The SMILES string of the molecule is c1ccc2cc3c(cc2c1)oc1ccc(-c2cccc4c(-c5c6ccccc6c(-c6cccc7ccccc67)c6ccccc56)cccc24)cc13. The smallest absolute Gasteiger partial charge is 0.136 e. The van der Waals surface area contributed by atoms with E-state index in [0.717, 1.165) is 21.9 Å². The van der Waals surface area contributed by atoms with Crippen molar-refractivity contribution in [3.8, 4) is 33.4 Å². The van der Waals surface area contributed by atoms with E-state index < -0.39 is 0 Å². The molecule has 0 bridgehead atoms. The second kappa shape index (κ2) is 10.9. The van der Waals surface area contributed by atoms with Crippen molar-refractivity contribution in [2.45, 2.75) is 0 Å². The Morgan fingerprint density at radius 2 is 0.706 bits per heavy atom. The number of furan rings is 1. The highest BCUT2D eigenvalue weighted by molar-refractivity contribution is 6.25. The molecule has 11 rings (SSSR count). The minimum Gasteiger partial charge on any atom is -0.456 e. The van der Waals surface area contributed by atoms with Crippen LogP contribution in [0.2, 0.25) is 0 Å². The Bertz CT molecular complexity index is 3130. The van der Waals surface area contributed by atoms with E-state index in [-0.39, 0.29) is 0 Å². The summed E-state index contributed by atoms with van der Waals surface area (Å²) in [4.78, 5) is 0. The van der Waals surface area contributed by atoms with E-state index in [2.05, 4.69) is 182 Å². The number of fused-ring (bicyclic) bond motifs is 8. The van der Waals surface area contributed by atoms with Gasteiger partial charge in [-0.25, -0.2) is 0 Å². The van der Waals surface area contributed by atoms with E-state index in [1.165, 1.54) is 87.2 Å². The summed E-state index contributed by atoms with van der Waals surface area (Å²) in [6, 6.07) is 66.4. The van der Waals surface area contributed by atoms with Gasteiger partial charge in [0.1, 0.15) is 11.2 Å². The van der Waals surface area contributed by atoms with Crippen LogP contribution in [0.4, 0.5) is 0 Å². The molecule has 1 heterocycles. The lowest BCUT2D eigenvalue weighted by Crippen LogP contribution is -1.92. The zero-order valence-corrected chi connectivity index (χ0v) is 27.7. The van der Waals surface area contributed by atoms with Gasteiger partial charge < -0.3 is 4.42 Å². The number of hydrogen-bond donors (Lipinski definition) is 0. The molecule has 0 aliphatic heterocycles. The number of hydrogen-bond acceptors (Lipinski definition) is 1. The van der Waals surface area contributed by atoms with Crippen molar-refractivity contribution < 1.29 is 4.42 Å². The summed E-state index contributed by atoms with van der Waals surface area (Å²) in [6.07, 6.45) is 0. The molecule has 0 aliphatic rings. The molecule has 0 spiro atoms. The Kier molecular flexibility index (Phi) is 6.02. The first-order chi connectivity index (χ1) is 25.3. The van der Waals surface area contributed by atoms with Crippen molar-refractivity contribution in [1.82, 2.24) is 0 Å². The van der Waals surface area contributed by atoms with Gasteiger partial charge in [-0.1, -0.05) is 158 Å². The molecular formula is C50H30O. The summed E-state index contributed by atoms with van der Waals surface area (Å²) in [5, 5.41) is 14.8. The third-order valence-corrected chi connectivity index (χ3v) is 10.8. The molecule has 236 valence electrons. The Morgan fingerprint density at radius 1 is 0.255 bits per heavy atom. The van der Waals surface area contributed by atoms with Crippen molar-refractivity contribution in [1.29, 1.82) is 0 Å². The van der Waals surface area contributed by atoms with Crippen molar-refractivity contribution in [3.05, 3.63) is 182 Å². The van der Waals surface area contributed by atoms with Gasteiger partial charge in [0.05, 0.1) is 0 Å². The summed E-state index contributed by atoms with van der Waals surface area (Å²) in [5.41, 5.74) is 9.30. The fourth-order valence-corrected chi connectivity index (χ4v) is 8.56. The predicted molar refractivity (Wildman–Crippen MR) is 218 cm³/mol. The van der Waals surface area contributed by atoms with Gasteiger partial charge in [-0.05, 0) is 112 Å². The average Bonchev–Trinajstić information content (AvgIpc) is 3.55. The first kappa shape index (κ1) is 28.2. The largest absolute Gasteiger partial charge is 0.456 e. The summed E-state index contributed by atoms with van der Waals surface area (Å²) >= 11 is 0. The Balaban J connectivity index is 1.17. The summed E-state index contributed by atoms with van der Waals surface area (Å²) in [5.74, 6) is 0. The maximum atomic E-state index is 6.36. The molecule has 0 unspecified atom stereocenters. The first-order valence-electron chi connectivity index (χ1n) is 17.6. The van der Waals surface area contributed by atoms with Gasteiger partial charge in [-0.3, -0.25) is 0 Å². The molecule has 10 aromatic carbocycles.